The largest absolute Gasteiger partial charge is 0.356 e. The summed E-state index contributed by atoms with van der Waals surface area (Å²) in [6.45, 7) is 7.42. The van der Waals surface area contributed by atoms with Crippen LogP contribution in [0, 0.1) is 6.92 Å². The van der Waals surface area contributed by atoms with Crippen LogP contribution >= 0.6 is 0 Å². The van der Waals surface area contributed by atoms with Gasteiger partial charge in [-0.3, -0.25) is 4.79 Å². The first-order chi connectivity index (χ1) is 16.1. The number of rotatable bonds is 9. The first kappa shape index (κ1) is 23.2. The summed E-state index contributed by atoms with van der Waals surface area (Å²) in [6, 6.07) is 19.2. The molecular weight excluding hydrogens is 408 g/mol. The maximum Gasteiger partial charge on any atom is 0.220 e. The van der Waals surface area contributed by atoms with Gasteiger partial charge in [0.2, 0.25) is 5.91 Å². The van der Waals surface area contributed by atoms with Crippen molar-refractivity contribution in [3.8, 4) is 16.9 Å². The zero-order chi connectivity index (χ0) is 23.0. The third-order valence-electron chi connectivity index (χ3n) is 6.64. The molecule has 1 amide bonds. The van der Waals surface area contributed by atoms with Gasteiger partial charge in [0.25, 0.3) is 0 Å². The first-order valence-corrected chi connectivity index (χ1v) is 12.3. The number of carbonyl (C=O) groups is 1. The summed E-state index contributed by atoms with van der Waals surface area (Å²) in [6.07, 6.45) is 8.17. The molecule has 1 aliphatic rings. The van der Waals surface area contributed by atoms with Gasteiger partial charge in [0.05, 0.1) is 11.4 Å². The fourth-order valence-electron chi connectivity index (χ4n) is 4.60. The number of carbonyl (C=O) groups excluding carboxylic acids is 1. The third kappa shape index (κ3) is 6.32. The molecule has 1 saturated heterocycles. The maximum absolute atomic E-state index is 12.5. The number of hydrogen-bond acceptors (Lipinski definition) is 3. The van der Waals surface area contributed by atoms with Gasteiger partial charge in [-0.2, -0.15) is 5.10 Å². The second-order valence-corrected chi connectivity index (χ2v) is 9.23. The van der Waals surface area contributed by atoms with Crippen LogP contribution in [0.15, 0.2) is 60.8 Å². The molecule has 33 heavy (non-hydrogen) atoms. The van der Waals surface area contributed by atoms with Gasteiger partial charge < -0.3 is 10.2 Å². The van der Waals surface area contributed by atoms with Gasteiger partial charge in [-0.15, -0.1) is 0 Å². The Morgan fingerprint density at radius 2 is 1.88 bits per heavy atom. The smallest absolute Gasteiger partial charge is 0.220 e. The predicted octanol–water partition coefficient (Wildman–Crippen LogP) is 5.16. The zero-order valence-electron chi connectivity index (χ0n) is 20.0. The normalized spacial score (nSPS) is 16.6. The summed E-state index contributed by atoms with van der Waals surface area (Å²) < 4.78 is 1.92. The van der Waals surface area contributed by atoms with Crippen molar-refractivity contribution in [1.29, 1.82) is 0 Å². The summed E-state index contributed by atoms with van der Waals surface area (Å²) in [5.41, 5.74) is 5.38. The van der Waals surface area contributed by atoms with E-state index in [0.29, 0.717) is 18.9 Å². The number of para-hydroxylation sites is 1. The lowest BCUT2D eigenvalue weighted by Crippen LogP contribution is -2.39. The van der Waals surface area contributed by atoms with Gasteiger partial charge in [-0.05, 0) is 63.8 Å². The number of hydrogen-bond donors (Lipinski definition) is 1. The summed E-state index contributed by atoms with van der Waals surface area (Å²) in [5.74, 6) is 0.115. The fraction of sp³-hybridized carbons (Fsp3) is 0.429. The van der Waals surface area contributed by atoms with Crippen LogP contribution in [-0.2, 0) is 11.2 Å². The molecule has 0 radical (unpaired) electrons. The Hall–Kier alpha value is -2.92. The number of nitrogens with one attached hydrogen (secondary N) is 1. The molecule has 1 aromatic heterocycles. The highest BCUT2D eigenvalue weighted by atomic mass is 16.1. The van der Waals surface area contributed by atoms with Crippen molar-refractivity contribution >= 4 is 5.91 Å². The van der Waals surface area contributed by atoms with Gasteiger partial charge in [0.15, 0.2) is 0 Å². The van der Waals surface area contributed by atoms with Gasteiger partial charge in [-0.1, -0.05) is 54.4 Å². The molecule has 0 aliphatic carbocycles. The molecule has 1 atom stereocenters. The van der Waals surface area contributed by atoms with Gasteiger partial charge in [-0.25, -0.2) is 4.68 Å². The van der Waals surface area contributed by atoms with Crippen molar-refractivity contribution in [2.24, 2.45) is 0 Å². The predicted molar refractivity (Wildman–Crippen MR) is 135 cm³/mol. The number of aromatic nitrogens is 2. The van der Waals surface area contributed by atoms with Crippen LogP contribution < -0.4 is 5.32 Å². The van der Waals surface area contributed by atoms with Crippen LogP contribution in [0.1, 0.15) is 50.2 Å². The quantitative estimate of drug-likeness (QED) is 0.464. The van der Waals surface area contributed by atoms with Gasteiger partial charge in [0, 0.05) is 37.3 Å². The molecule has 1 aliphatic heterocycles. The number of piperidine rings is 1. The van der Waals surface area contributed by atoms with E-state index in [9.17, 15) is 4.79 Å². The monoisotopic (exact) mass is 444 g/mol. The average Bonchev–Trinajstić information content (AvgIpc) is 3.27. The van der Waals surface area contributed by atoms with Gasteiger partial charge >= 0.3 is 0 Å². The Balaban J connectivity index is 1.35. The van der Waals surface area contributed by atoms with Gasteiger partial charge in [0.1, 0.15) is 0 Å². The van der Waals surface area contributed by atoms with E-state index in [-0.39, 0.29) is 5.91 Å². The minimum atomic E-state index is 0.115. The molecule has 0 unspecified atom stereocenters. The fourth-order valence-corrected chi connectivity index (χ4v) is 4.60. The molecule has 1 N–H and O–H groups in total. The number of aryl methyl sites for hydroxylation is 2. The van der Waals surface area contributed by atoms with E-state index in [4.69, 9.17) is 5.10 Å². The molecule has 4 rings (SSSR count). The molecule has 0 spiro atoms. The average molecular weight is 445 g/mol. The highest BCUT2D eigenvalue weighted by Gasteiger charge is 2.17. The third-order valence-corrected chi connectivity index (χ3v) is 6.64. The van der Waals surface area contributed by atoms with Crippen molar-refractivity contribution in [3.63, 3.8) is 0 Å². The minimum Gasteiger partial charge on any atom is -0.356 e. The number of amides is 1. The van der Waals surface area contributed by atoms with E-state index < -0.39 is 0 Å². The van der Waals surface area contributed by atoms with E-state index in [1.165, 1.54) is 31.4 Å². The molecule has 0 bridgehead atoms. The lowest BCUT2D eigenvalue weighted by atomic mass is 10.0. The first-order valence-electron chi connectivity index (χ1n) is 12.3. The Morgan fingerprint density at radius 3 is 2.64 bits per heavy atom. The van der Waals surface area contributed by atoms with Crippen molar-refractivity contribution < 1.29 is 4.79 Å². The number of benzene rings is 2. The second-order valence-electron chi connectivity index (χ2n) is 9.23. The zero-order valence-corrected chi connectivity index (χ0v) is 20.0. The molecule has 2 heterocycles. The second kappa shape index (κ2) is 11.3. The SMILES string of the molecule is Cc1ccc(-c2nn(-c3ccccc3)cc2CCC(=O)NCCCN2CCCC[C@@H]2C)cc1. The van der Waals surface area contributed by atoms with Crippen LogP contribution in [0.3, 0.4) is 0 Å². The summed E-state index contributed by atoms with van der Waals surface area (Å²) in [5, 5.41) is 7.99. The molecule has 1 fully saturated rings. The van der Waals surface area contributed by atoms with E-state index in [2.05, 4.69) is 54.5 Å². The van der Waals surface area contributed by atoms with E-state index in [1.807, 2.05) is 35.0 Å². The van der Waals surface area contributed by atoms with Crippen molar-refractivity contribution in [2.45, 2.75) is 58.4 Å². The van der Waals surface area contributed by atoms with Crippen molar-refractivity contribution in [2.75, 3.05) is 19.6 Å². The van der Waals surface area contributed by atoms with E-state index in [0.717, 1.165) is 42.0 Å². The number of nitrogens with zero attached hydrogens (tertiary/aromatic N) is 3. The van der Waals surface area contributed by atoms with Crippen LogP contribution in [0.5, 0.6) is 0 Å². The summed E-state index contributed by atoms with van der Waals surface area (Å²) >= 11 is 0. The minimum absolute atomic E-state index is 0.115. The molecule has 2 aromatic carbocycles. The molecule has 5 nitrogen and oxygen atoms in total. The molecule has 0 saturated carbocycles. The Labute approximate surface area is 197 Å². The van der Waals surface area contributed by atoms with Crippen LogP contribution in [0.4, 0.5) is 0 Å². The van der Waals surface area contributed by atoms with Crippen LogP contribution in [0.2, 0.25) is 0 Å². The Morgan fingerprint density at radius 1 is 1.09 bits per heavy atom. The maximum atomic E-state index is 12.5. The summed E-state index contributed by atoms with van der Waals surface area (Å²) in [4.78, 5) is 15.1. The topological polar surface area (TPSA) is 50.2 Å². The molecule has 174 valence electrons. The van der Waals surface area contributed by atoms with Crippen molar-refractivity contribution in [3.05, 3.63) is 71.9 Å². The summed E-state index contributed by atoms with van der Waals surface area (Å²) in [7, 11) is 0. The lowest BCUT2D eigenvalue weighted by molar-refractivity contribution is -0.121. The standard InChI is InChI=1S/C28H36N4O/c1-22-12-14-24(15-13-22)28-25(21-32(30-28)26-10-4-3-5-11-26)16-17-27(33)29-18-8-20-31-19-7-6-9-23(31)2/h3-5,10-15,21,23H,6-9,16-20H2,1-2H3,(H,29,33)/t23-/m0/s1. The highest BCUT2D eigenvalue weighted by Crippen LogP contribution is 2.25. The molecule has 3 aromatic rings. The Kier molecular flexibility index (Phi) is 7.95. The van der Waals surface area contributed by atoms with Crippen LogP contribution in [-0.4, -0.2) is 46.3 Å². The van der Waals surface area contributed by atoms with E-state index >= 15 is 0 Å². The lowest BCUT2D eigenvalue weighted by Gasteiger charge is -2.33. The Bertz CT molecular complexity index is 1030. The molecule has 5 heteroatoms. The molecular formula is C28H36N4O. The highest BCUT2D eigenvalue weighted by molar-refractivity contribution is 5.76. The van der Waals surface area contributed by atoms with Crippen LogP contribution in [0.25, 0.3) is 16.9 Å². The van der Waals surface area contributed by atoms with E-state index in [1.54, 1.807) is 0 Å². The van der Waals surface area contributed by atoms with Crippen molar-refractivity contribution in [1.82, 2.24) is 20.0 Å². The number of likely N-dealkylation sites (tertiary alicyclic amines) is 1.